The van der Waals surface area contributed by atoms with Crippen LogP contribution >= 0.6 is 0 Å². The lowest BCUT2D eigenvalue weighted by atomic mass is 10.0. The van der Waals surface area contributed by atoms with Crippen molar-refractivity contribution in [3.05, 3.63) is 71.7 Å². The van der Waals surface area contributed by atoms with Gasteiger partial charge in [0.2, 0.25) is 5.95 Å². The van der Waals surface area contributed by atoms with Gasteiger partial charge in [-0.1, -0.05) is 6.07 Å². The van der Waals surface area contributed by atoms with Crippen molar-refractivity contribution in [3.63, 3.8) is 0 Å². The molecule has 0 spiro atoms. The number of ether oxygens (including phenoxy) is 2. The number of benzene rings is 1. The summed E-state index contributed by atoms with van der Waals surface area (Å²) >= 11 is 0. The minimum atomic E-state index is 0.395. The molecule has 4 rings (SSSR count). The van der Waals surface area contributed by atoms with Gasteiger partial charge in [0, 0.05) is 31.2 Å². The van der Waals surface area contributed by atoms with Gasteiger partial charge >= 0.3 is 0 Å². The normalized spacial score (nSPS) is 10.8. The van der Waals surface area contributed by atoms with E-state index in [2.05, 4.69) is 25.3 Å². The molecule has 3 aromatic heterocycles. The second-order valence-corrected chi connectivity index (χ2v) is 7.04. The van der Waals surface area contributed by atoms with Crippen LogP contribution < -0.4 is 20.5 Å². The fourth-order valence-corrected chi connectivity index (χ4v) is 3.43. The average Bonchev–Trinajstić information content (AvgIpc) is 2.79. The zero-order valence-electron chi connectivity index (χ0n) is 17.5. The van der Waals surface area contributed by atoms with Gasteiger partial charge in [-0.15, -0.1) is 0 Å². The Balaban J connectivity index is 1.57. The summed E-state index contributed by atoms with van der Waals surface area (Å²) in [6, 6.07) is 11.7. The maximum absolute atomic E-state index is 6.32. The molecule has 0 bridgehead atoms. The minimum absolute atomic E-state index is 0.395. The molecule has 0 saturated carbocycles. The first-order valence-corrected chi connectivity index (χ1v) is 9.92. The van der Waals surface area contributed by atoms with Crippen LogP contribution in [0.2, 0.25) is 0 Å². The Hall–Kier alpha value is -3.94. The van der Waals surface area contributed by atoms with Crippen molar-refractivity contribution in [3.8, 4) is 11.5 Å². The van der Waals surface area contributed by atoms with Gasteiger partial charge in [-0.25, -0.2) is 4.98 Å². The summed E-state index contributed by atoms with van der Waals surface area (Å²) in [7, 11) is 3.27. The Bertz CT molecular complexity index is 1160. The Labute approximate surface area is 180 Å². The molecular weight excluding hydrogens is 392 g/mol. The largest absolute Gasteiger partial charge is 0.497 e. The first kappa shape index (κ1) is 20.3. The lowest BCUT2D eigenvalue weighted by Gasteiger charge is -2.12. The summed E-state index contributed by atoms with van der Waals surface area (Å²) in [5.41, 5.74) is 10.0. The zero-order valence-corrected chi connectivity index (χ0v) is 17.5. The number of anilines is 2. The van der Waals surface area contributed by atoms with Crippen LogP contribution in [-0.4, -0.2) is 40.7 Å². The van der Waals surface area contributed by atoms with Crippen LogP contribution in [0.4, 0.5) is 11.8 Å². The van der Waals surface area contributed by atoms with E-state index in [0.29, 0.717) is 30.4 Å². The molecule has 0 radical (unpaired) electrons. The van der Waals surface area contributed by atoms with Gasteiger partial charge in [-0.05, 0) is 53.8 Å². The van der Waals surface area contributed by atoms with Gasteiger partial charge in [0.1, 0.15) is 17.3 Å². The Kier molecular flexibility index (Phi) is 6.07. The number of pyridine rings is 2. The molecule has 3 N–H and O–H groups in total. The highest BCUT2D eigenvalue weighted by Crippen LogP contribution is 2.28. The SMILES string of the molecule is COc1cc(Cc2ccnc3nc(NCCc4cccnc4)nc(N)c23)cc(OC)c1. The number of hydrogen-bond acceptors (Lipinski definition) is 8. The van der Waals surface area contributed by atoms with Gasteiger partial charge in [-0.2, -0.15) is 9.97 Å². The Morgan fingerprint density at radius 3 is 2.48 bits per heavy atom. The number of aromatic nitrogens is 4. The predicted octanol–water partition coefficient (Wildman–Crippen LogP) is 3.26. The van der Waals surface area contributed by atoms with Crippen molar-refractivity contribution in [2.75, 3.05) is 31.8 Å². The molecule has 4 aromatic rings. The molecule has 8 heteroatoms. The third-order valence-electron chi connectivity index (χ3n) is 4.94. The monoisotopic (exact) mass is 416 g/mol. The predicted molar refractivity (Wildman–Crippen MR) is 121 cm³/mol. The summed E-state index contributed by atoms with van der Waals surface area (Å²) in [5, 5.41) is 3.97. The molecule has 0 unspecified atom stereocenters. The van der Waals surface area contributed by atoms with Crippen LogP contribution in [0.5, 0.6) is 11.5 Å². The van der Waals surface area contributed by atoms with Crippen molar-refractivity contribution in [1.29, 1.82) is 0 Å². The topological polar surface area (TPSA) is 108 Å². The van der Waals surface area contributed by atoms with Gasteiger partial charge < -0.3 is 20.5 Å². The second-order valence-electron chi connectivity index (χ2n) is 7.04. The van der Waals surface area contributed by atoms with Gasteiger partial charge in [0.05, 0.1) is 19.6 Å². The van der Waals surface area contributed by atoms with E-state index in [1.54, 1.807) is 26.6 Å². The van der Waals surface area contributed by atoms with Crippen molar-refractivity contribution < 1.29 is 9.47 Å². The van der Waals surface area contributed by atoms with E-state index in [-0.39, 0.29) is 0 Å². The molecule has 31 heavy (non-hydrogen) atoms. The van der Waals surface area contributed by atoms with Crippen LogP contribution in [-0.2, 0) is 12.8 Å². The molecule has 1 aromatic carbocycles. The summed E-state index contributed by atoms with van der Waals surface area (Å²) < 4.78 is 10.8. The Morgan fingerprint density at radius 2 is 1.77 bits per heavy atom. The van der Waals surface area contributed by atoms with Gasteiger partial charge in [0.15, 0.2) is 5.65 Å². The first-order chi connectivity index (χ1) is 15.2. The molecule has 0 aliphatic carbocycles. The van der Waals surface area contributed by atoms with Crippen LogP contribution in [0, 0.1) is 0 Å². The third kappa shape index (κ3) is 4.80. The summed E-state index contributed by atoms with van der Waals surface area (Å²) in [6.07, 6.45) is 6.77. The van der Waals surface area contributed by atoms with E-state index < -0.39 is 0 Å². The molecule has 0 aliphatic rings. The highest BCUT2D eigenvalue weighted by Gasteiger charge is 2.12. The van der Waals surface area contributed by atoms with E-state index in [4.69, 9.17) is 15.2 Å². The number of rotatable bonds is 8. The van der Waals surface area contributed by atoms with Crippen LogP contribution in [0.3, 0.4) is 0 Å². The average molecular weight is 416 g/mol. The number of fused-ring (bicyclic) bond motifs is 1. The smallest absolute Gasteiger partial charge is 0.226 e. The molecule has 0 saturated heterocycles. The summed E-state index contributed by atoms with van der Waals surface area (Å²) in [5.74, 6) is 2.32. The molecular formula is C23H24N6O2. The highest BCUT2D eigenvalue weighted by molar-refractivity contribution is 5.89. The zero-order chi connectivity index (χ0) is 21.6. The quantitative estimate of drug-likeness (QED) is 0.451. The number of nitrogen functional groups attached to an aromatic ring is 1. The molecule has 8 nitrogen and oxygen atoms in total. The number of methoxy groups -OCH3 is 2. The number of nitrogens with two attached hydrogens (primary N) is 1. The van der Waals surface area contributed by atoms with Crippen molar-refractivity contribution in [2.45, 2.75) is 12.8 Å². The summed E-state index contributed by atoms with van der Waals surface area (Å²) in [4.78, 5) is 17.5. The molecule has 158 valence electrons. The van der Waals surface area contributed by atoms with Crippen molar-refractivity contribution in [2.24, 2.45) is 0 Å². The van der Waals surface area contributed by atoms with Crippen LogP contribution in [0.1, 0.15) is 16.7 Å². The van der Waals surface area contributed by atoms with E-state index in [9.17, 15) is 0 Å². The number of hydrogen-bond donors (Lipinski definition) is 2. The van der Waals surface area contributed by atoms with Crippen molar-refractivity contribution in [1.82, 2.24) is 19.9 Å². The maximum Gasteiger partial charge on any atom is 0.226 e. The molecule has 0 aliphatic heterocycles. The summed E-state index contributed by atoms with van der Waals surface area (Å²) in [6.45, 7) is 0.667. The van der Waals surface area contributed by atoms with Crippen LogP contribution in [0.25, 0.3) is 11.0 Å². The standard InChI is InChI=1S/C23H24N6O2/c1-30-18-11-16(12-19(13-18)31-2)10-17-6-9-26-22-20(17)21(24)28-23(29-22)27-8-5-15-4-3-7-25-14-15/h3-4,6-7,9,11-14H,5,8,10H2,1-2H3,(H3,24,26,27,28,29). The molecule has 0 amide bonds. The van der Waals surface area contributed by atoms with Gasteiger partial charge in [0.25, 0.3) is 0 Å². The molecule has 3 heterocycles. The fraction of sp³-hybridized carbons (Fsp3) is 0.217. The second kappa shape index (κ2) is 9.25. The van der Waals surface area contributed by atoms with Crippen LogP contribution in [0.15, 0.2) is 55.0 Å². The number of nitrogens with one attached hydrogen (secondary N) is 1. The van der Waals surface area contributed by atoms with E-state index >= 15 is 0 Å². The van der Waals surface area contributed by atoms with Crippen molar-refractivity contribution >= 4 is 22.8 Å². The minimum Gasteiger partial charge on any atom is -0.497 e. The van der Waals surface area contributed by atoms with E-state index in [0.717, 1.165) is 40.0 Å². The fourth-order valence-electron chi connectivity index (χ4n) is 3.43. The van der Waals surface area contributed by atoms with Gasteiger partial charge in [-0.3, -0.25) is 4.98 Å². The highest BCUT2D eigenvalue weighted by atomic mass is 16.5. The molecule has 0 fully saturated rings. The first-order valence-electron chi connectivity index (χ1n) is 9.92. The third-order valence-corrected chi connectivity index (χ3v) is 4.94. The lowest BCUT2D eigenvalue weighted by Crippen LogP contribution is -2.10. The molecule has 0 atom stereocenters. The lowest BCUT2D eigenvalue weighted by molar-refractivity contribution is 0.393. The van der Waals surface area contributed by atoms with E-state index in [1.165, 1.54) is 0 Å². The Morgan fingerprint density at radius 1 is 0.968 bits per heavy atom. The van der Waals surface area contributed by atoms with E-state index in [1.807, 2.05) is 42.6 Å². The maximum atomic E-state index is 6.32. The number of nitrogens with zero attached hydrogens (tertiary/aromatic N) is 4.